The SMILES string of the molecule is O[C@]12C=C(c3nccc4c3[nH]c3ccccc34)C3CCN(CCCC/C=C\CC1)C[C@@]31C[C@]34CC[C@H](CCCN3[C@H]12)O4. The second kappa shape index (κ2) is 9.49. The van der Waals surface area contributed by atoms with Crippen molar-refractivity contribution < 1.29 is 9.84 Å². The molecule has 42 heavy (non-hydrogen) atoms. The fraction of sp³-hybridized carbons (Fsp3) is 0.583. The van der Waals surface area contributed by atoms with Crippen LogP contribution in [0.2, 0.25) is 0 Å². The van der Waals surface area contributed by atoms with E-state index >= 15 is 0 Å². The lowest BCUT2D eigenvalue weighted by Crippen LogP contribution is -2.66. The number of hydrogen-bond acceptors (Lipinski definition) is 5. The lowest BCUT2D eigenvalue weighted by molar-refractivity contribution is -0.145. The second-order valence-corrected chi connectivity index (χ2v) is 14.3. The topological polar surface area (TPSA) is 64.6 Å². The van der Waals surface area contributed by atoms with Crippen molar-refractivity contribution in [1.29, 1.82) is 0 Å². The van der Waals surface area contributed by atoms with Crippen LogP contribution >= 0.6 is 0 Å². The van der Waals surface area contributed by atoms with Crippen LogP contribution in [-0.2, 0) is 4.74 Å². The Morgan fingerprint density at radius 3 is 2.83 bits per heavy atom. The Labute approximate surface area is 248 Å². The van der Waals surface area contributed by atoms with Crippen LogP contribution < -0.4 is 0 Å². The van der Waals surface area contributed by atoms with Crippen molar-refractivity contribution in [2.24, 2.45) is 11.3 Å². The maximum atomic E-state index is 13.2. The molecule has 5 bridgehead atoms. The Bertz CT molecular complexity index is 1590. The molecular weight excluding hydrogens is 520 g/mol. The van der Waals surface area contributed by atoms with Crippen LogP contribution in [0.15, 0.2) is 54.8 Å². The zero-order chi connectivity index (χ0) is 27.9. The average Bonchev–Trinajstić information content (AvgIpc) is 3.61. The summed E-state index contributed by atoms with van der Waals surface area (Å²) < 4.78 is 7.08. The molecular formula is C36H44N4O2. The summed E-state index contributed by atoms with van der Waals surface area (Å²) in [5.74, 6) is 0.341. The molecule has 6 nitrogen and oxygen atoms in total. The van der Waals surface area contributed by atoms with Crippen LogP contribution in [-0.4, -0.2) is 74.5 Å². The molecule has 2 N–H and O–H groups in total. The first-order chi connectivity index (χ1) is 20.6. The highest BCUT2D eigenvalue weighted by Gasteiger charge is 2.71. The van der Waals surface area contributed by atoms with Crippen LogP contribution in [0.4, 0.5) is 0 Å². The standard InChI is InChI=1S/C36H44N4O2/c41-35-16-7-3-1-2-4-8-19-39-21-15-29(34(24-39)23-36-17-13-25(42-36)10-9-20-40(36)33(34)35)28(22-35)31-32-27(14-18-37-31)26-11-5-6-12-30(26)38-32/h1,3,5-6,11-12,14,18,22,25,29,33,38,41H,2,4,7-10,13,15-17,19-21,23-24H2/b3-1-/t25-,29?,33+,34-,35-,36+/m0/s1. The number of nitrogens with zero attached hydrogens (tertiary/aromatic N) is 3. The molecule has 6 aliphatic rings. The predicted molar refractivity (Wildman–Crippen MR) is 167 cm³/mol. The Morgan fingerprint density at radius 2 is 1.86 bits per heavy atom. The van der Waals surface area contributed by atoms with Gasteiger partial charge in [0.2, 0.25) is 0 Å². The molecule has 4 saturated heterocycles. The fourth-order valence-electron chi connectivity index (χ4n) is 10.6. The van der Waals surface area contributed by atoms with E-state index in [0.29, 0.717) is 12.0 Å². The van der Waals surface area contributed by atoms with Gasteiger partial charge < -0.3 is 19.7 Å². The summed E-state index contributed by atoms with van der Waals surface area (Å²) in [5.41, 5.74) is 3.32. The summed E-state index contributed by atoms with van der Waals surface area (Å²) in [6, 6.07) is 10.8. The van der Waals surface area contributed by atoms with Crippen LogP contribution in [0.3, 0.4) is 0 Å². The van der Waals surface area contributed by atoms with Gasteiger partial charge in [0.05, 0.1) is 29.0 Å². The molecule has 1 aromatic carbocycles. The number of aliphatic hydroxyl groups is 1. The highest BCUT2D eigenvalue weighted by molar-refractivity contribution is 6.09. The molecule has 220 valence electrons. The van der Waals surface area contributed by atoms with Crippen LogP contribution in [0, 0.1) is 11.3 Å². The number of H-pyrrole nitrogens is 1. The summed E-state index contributed by atoms with van der Waals surface area (Å²) in [5, 5.41) is 15.7. The number of pyridine rings is 1. The summed E-state index contributed by atoms with van der Waals surface area (Å²) >= 11 is 0. The molecule has 0 radical (unpaired) electrons. The van der Waals surface area contributed by atoms with Crippen molar-refractivity contribution >= 4 is 27.4 Å². The average molecular weight is 565 g/mol. The first-order valence-corrected chi connectivity index (χ1v) is 16.7. The lowest BCUT2D eigenvalue weighted by Gasteiger charge is -2.58. The van der Waals surface area contributed by atoms with E-state index in [1.807, 2.05) is 6.20 Å². The van der Waals surface area contributed by atoms with E-state index in [9.17, 15) is 5.11 Å². The first kappa shape index (κ1) is 25.9. The fourth-order valence-corrected chi connectivity index (χ4v) is 10.6. The third kappa shape index (κ3) is 3.68. The summed E-state index contributed by atoms with van der Waals surface area (Å²) in [6.45, 7) is 4.35. The van der Waals surface area contributed by atoms with Gasteiger partial charge in [0.15, 0.2) is 0 Å². The van der Waals surface area contributed by atoms with Gasteiger partial charge in [-0.05, 0) is 113 Å². The maximum absolute atomic E-state index is 13.2. The van der Waals surface area contributed by atoms with Gasteiger partial charge >= 0.3 is 0 Å². The van der Waals surface area contributed by atoms with Crippen molar-refractivity contribution in [2.45, 2.75) is 94.1 Å². The van der Waals surface area contributed by atoms with E-state index < -0.39 is 5.60 Å². The van der Waals surface area contributed by atoms with Gasteiger partial charge in [-0.25, -0.2) is 0 Å². The Balaban J connectivity index is 1.27. The highest BCUT2D eigenvalue weighted by Crippen LogP contribution is 2.66. The van der Waals surface area contributed by atoms with Crippen LogP contribution in [0.25, 0.3) is 27.4 Å². The number of aromatic nitrogens is 2. The summed E-state index contributed by atoms with van der Waals surface area (Å²) in [4.78, 5) is 14.3. The monoisotopic (exact) mass is 564 g/mol. The van der Waals surface area contributed by atoms with Crippen LogP contribution in [0.1, 0.15) is 76.3 Å². The Morgan fingerprint density at radius 1 is 0.929 bits per heavy atom. The van der Waals surface area contributed by atoms with Crippen molar-refractivity contribution in [3.8, 4) is 0 Å². The largest absolute Gasteiger partial charge is 0.384 e. The van der Waals surface area contributed by atoms with Gasteiger partial charge in [0.25, 0.3) is 0 Å². The van der Waals surface area contributed by atoms with Crippen molar-refractivity contribution in [1.82, 2.24) is 19.8 Å². The van der Waals surface area contributed by atoms with Crippen LogP contribution in [0.5, 0.6) is 0 Å². The number of hydrogen-bond donors (Lipinski definition) is 2. The van der Waals surface area contributed by atoms with Gasteiger partial charge in [0.1, 0.15) is 5.72 Å². The number of piperidine rings is 1. The van der Waals surface area contributed by atoms with Crippen molar-refractivity contribution in [2.75, 3.05) is 26.2 Å². The normalized spacial score (nSPS) is 40.9. The van der Waals surface area contributed by atoms with Gasteiger partial charge in [-0.3, -0.25) is 9.88 Å². The van der Waals surface area contributed by atoms with Gasteiger partial charge in [-0.2, -0.15) is 0 Å². The third-order valence-electron chi connectivity index (χ3n) is 12.0. The lowest BCUT2D eigenvalue weighted by atomic mass is 9.54. The molecule has 9 rings (SSSR count). The van der Waals surface area contributed by atoms with Crippen molar-refractivity contribution in [3.05, 3.63) is 60.5 Å². The molecule has 3 aromatic rings. The minimum absolute atomic E-state index is 0.0643. The first-order valence-electron chi connectivity index (χ1n) is 16.7. The Kier molecular flexibility index (Phi) is 5.86. The van der Waals surface area contributed by atoms with Gasteiger partial charge in [0, 0.05) is 41.0 Å². The summed E-state index contributed by atoms with van der Waals surface area (Å²) in [6.07, 6.45) is 21.3. The number of para-hydroxylation sites is 1. The van der Waals surface area contributed by atoms with E-state index in [1.54, 1.807) is 0 Å². The van der Waals surface area contributed by atoms with E-state index in [-0.39, 0.29) is 17.2 Å². The smallest absolute Gasteiger partial charge is 0.123 e. The van der Waals surface area contributed by atoms with Crippen molar-refractivity contribution in [3.63, 3.8) is 0 Å². The molecule has 5 aliphatic heterocycles. The number of allylic oxidation sites excluding steroid dienone is 3. The zero-order valence-electron chi connectivity index (χ0n) is 24.7. The number of ether oxygens (including phenoxy) is 1. The molecule has 1 aliphatic carbocycles. The minimum atomic E-state index is -0.946. The molecule has 2 unspecified atom stereocenters. The number of nitrogens with one attached hydrogen (secondary N) is 1. The number of fused-ring (bicyclic) bond motifs is 5. The third-order valence-corrected chi connectivity index (χ3v) is 12.0. The molecule has 4 fully saturated rings. The Hall–Kier alpha value is -2.51. The molecule has 6 heteroatoms. The summed E-state index contributed by atoms with van der Waals surface area (Å²) in [7, 11) is 0. The second-order valence-electron chi connectivity index (χ2n) is 14.3. The highest BCUT2D eigenvalue weighted by atomic mass is 16.5. The van der Waals surface area contributed by atoms with Gasteiger partial charge in [-0.1, -0.05) is 30.4 Å². The molecule has 0 saturated carbocycles. The molecule has 0 amide bonds. The number of rotatable bonds is 1. The predicted octanol–water partition coefficient (Wildman–Crippen LogP) is 6.42. The number of benzene rings is 1. The van der Waals surface area contributed by atoms with Gasteiger partial charge in [-0.15, -0.1) is 0 Å². The molecule has 7 atom stereocenters. The minimum Gasteiger partial charge on any atom is -0.384 e. The molecule has 7 heterocycles. The van der Waals surface area contributed by atoms with E-state index in [2.05, 4.69) is 63.3 Å². The zero-order valence-corrected chi connectivity index (χ0v) is 24.7. The quantitative estimate of drug-likeness (QED) is 0.334. The molecule has 2 aromatic heterocycles. The van der Waals surface area contributed by atoms with E-state index in [0.717, 1.165) is 101 Å². The van der Waals surface area contributed by atoms with E-state index in [4.69, 9.17) is 9.72 Å². The maximum Gasteiger partial charge on any atom is 0.123 e. The number of aromatic amines is 1. The van der Waals surface area contributed by atoms with E-state index in [1.165, 1.54) is 29.2 Å². The molecule has 2 spiro atoms.